The van der Waals surface area contributed by atoms with Gasteiger partial charge in [-0.2, -0.15) is 0 Å². The molecule has 4 nitrogen and oxygen atoms in total. The first kappa shape index (κ1) is 18.2. The van der Waals surface area contributed by atoms with Crippen LogP contribution in [-0.4, -0.2) is 26.2 Å². The maximum Gasteiger partial charge on any atom is 0.242 e. The Morgan fingerprint density at radius 2 is 1.78 bits per heavy atom. The van der Waals surface area contributed by atoms with E-state index in [2.05, 4.69) is 4.72 Å². The first-order valence-corrected chi connectivity index (χ1v) is 9.21. The number of aliphatic hydroxyl groups is 1. The fourth-order valence-electron chi connectivity index (χ4n) is 2.08. The molecule has 124 valence electrons. The van der Waals surface area contributed by atoms with Gasteiger partial charge in [0.2, 0.25) is 10.0 Å². The molecule has 0 bridgehead atoms. The first-order chi connectivity index (χ1) is 10.8. The van der Waals surface area contributed by atoms with Gasteiger partial charge in [0.25, 0.3) is 0 Å². The Balaban J connectivity index is 2.06. The highest BCUT2D eigenvalue weighted by Crippen LogP contribution is 2.28. The quantitative estimate of drug-likeness (QED) is 0.816. The van der Waals surface area contributed by atoms with Crippen LogP contribution in [0, 0.1) is 6.92 Å². The number of benzene rings is 2. The molecule has 0 saturated carbocycles. The van der Waals surface area contributed by atoms with Crippen molar-refractivity contribution in [1.82, 2.24) is 4.72 Å². The van der Waals surface area contributed by atoms with Crippen LogP contribution in [-0.2, 0) is 16.4 Å². The van der Waals surface area contributed by atoms with Gasteiger partial charge >= 0.3 is 0 Å². The van der Waals surface area contributed by atoms with Crippen LogP contribution >= 0.6 is 23.2 Å². The average molecular weight is 374 g/mol. The number of sulfonamides is 1. The molecule has 2 aromatic rings. The molecule has 0 aliphatic carbocycles. The molecular formula is C16H17Cl2NO3S. The minimum absolute atomic E-state index is 0.0469. The van der Waals surface area contributed by atoms with E-state index in [0.717, 1.165) is 5.56 Å². The molecule has 2 aromatic carbocycles. The SMILES string of the molecule is Cc1cc(S(=O)(=O)NC[C@H](O)Cc2ccccc2)c(Cl)cc1Cl. The number of halogens is 2. The molecule has 0 fully saturated rings. The Kier molecular flexibility index (Phi) is 6.06. The summed E-state index contributed by atoms with van der Waals surface area (Å²) in [5.41, 5.74) is 1.54. The van der Waals surface area contributed by atoms with E-state index in [-0.39, 0.29) is 16.5 Å². The number of hydrogen-bond donors (Lipinski definition) is 2. The van der Waals surface area contributed by atoms with Gasteiger partial charge in [-0.25, -0.2) is 13.1 Å². The highest BCUT2D eigenvalue weighted by atomic mass is 35.5. The predicted octanol–water partition coefficient (Wildman–Crippen LogP) is 3.18. The number of hydrogen-bond acceptors (Lipinski definition) is 3. The van der Waals surface area contributed by atoms with E-state index in [9.17, 15) is 13.5 Å². The molecular weight excluding hydrogens is 357 g/mol. The van der Waals surface area contributed by atoms with Crippen LogP contribution in [0.4, 0.5) is 0 Å². The van der Waals surface area contributed by atoms with Gasteiger partial charge in [-0.05, 0) is 36.6 Å². The summed E-state index contributed by atoms with van der Waals surface area (Å²) in [4.78, 5) is -0.0482. The van der Waals surface area contributed by atoms with Gasteiger partial charge < -0.3 is 5.11 Å². The molecule has 0 aromatic heterocycles. The molecule has 0 spiro atoms. The summed E-state index contributed by atoms with van der Waals surface area (Å²) in [6.45, 7) is 1.59. The standard InChI is InChI=1S/C16H17Cl2NO3S/c1-11-7-16(15(18)9-14(11)17)23(21,22)19-10-13(20)8-12-5-3-2-4-6-12/h2-7,9,13,19-20H,8,10H2,1H3/t13-/m1/s1. The van der Waals surface area contributed by atoms with Gasteiger partial charge in [-0.15, -0.1) is 0 Å². The van der Waals surface area contributed by atoms with Gasteiger partial charge in [-0.1, -0.05) is 53.5 Å². The Morgan fingerprint density at radius 1 is 1.13 bits per heavy atom. The van der Waals surface area contributed by atoms with E-state index in [4.69, 9.17) is 23.2 Å². The third-order valence-electron chi connectivity index (χ3n) is 3.33. The molecule has 2 rings (SSSR count). The van der Waals surface area contributed by atoms with Crippen molar-refractivity contribution in [2.75, 3.05) is 6.54 Å². The summed E-state index contributed by atoms with van der Waals surface area (Å²) < 4.78 is 27.0. The molecule has 0 unspecified atom stereocenters. The minimum atomic E-state index is -3.82. The molecule has 0 amide bonds. The van der Waals surface area contributed by atoms with Crippen molar-refractivity contribution in [3.63, 3.8) is 0 Å². The lowest BCUT2D eigenvalue weighted by atomic mass is 10.1. The topological polar surface area (TPSA) is 66.4 Å². The third-order valence-corrected chi connectivity index (χ3v) is 5.62. The maximum absolute atomic E-state index is 12.3. The van der Waals surface area contributed by atoms with Gasteiger partial charge in [0.05, 0.1) is 11.1 Å². The summed E-state index contributed by atoms with van der Waals surface area (Å²) >= 11 is 11.9. The highest BCUT2D eigenvalue weighted by Gasteiger charge is 2.20. The van der Waals surface area contributed by atoms with Crippen LogP contribution in [0.1, 0.15) is 11.1 Å². The van der Waals surface area contributed by atoms with Crippen molar-refractivity contribution in [1.29, 1.82) is 0 Å². The molecule has 1 atom stereocenters. The Morgan fingerprint density at radius 3 is 2.43 bits per heavy atom. The summed E-state index contributed by atoms with van der Waals surface area (Å²) in [6.07, 6.45) is -0.476. The summed E-state index contributed by atoms with van der Waals surface area (Å²) in [7, 11) is -3.82. The zero-order valence-corrected chi connectivity index (χ0v) is 14.8. The van der Waals surface area contributed by atoms with Crippen LogP contribution in [0.3, 0.4) is 0 Å². The van der Waals surface area contributed by atoms with Crippen molar-refractivity contribution in [3.05, 3.63) is 63.6 Å². The lowest BCUT2D eigenvalue weighted by Gasteiger charge is -2.14. The minimum Gasteiger partial charge on any atom is -0.391 e. The second-order valence-corrected chi connectivity index (χ2v) is 7.78. The van der Waals surface area contributed by atoms with E-state index >= 15 is 0 Å². The number of rotatable bonds is 6. The van der Waals surface area contributed by atoms with Crippen LogP contribution < -0.4 is 4.72 Å². The van der Waals surface area contributed by atoms with Crippen molar-refractivity contribution >= 4 is 33.2 Å². The van der Waals surface area contributed by atoms with Crippen LogP contribution in [0.5, 0.6) is 0 Å². The van der Waals surface area contributed by atoms with Crippen LogP contribution in [0.25, 0.3) is 0 Å². The molecule has 0 aliphatic rings. The van der Waals surface area contributed by atoms with Crippen molar-refractivity contribution < 1.29 is 13.5 Å². The predicted molar refractivity (Wildman–Crippen MR) is 92.5 cm³/mol. The van der Waals surface area contributed by atoms with Gasteiger partial charge in [0.15, 0.2) is 0 Å². The molecule has 23 heavy (non-hydrogen) atoms. The fourth-order valence-corrected chi connectivity index (χ4v) is 3.98. The van der Waals surface area contributed by atoms with Crippen molar-refractivity contribution in [2.24, 2.45) is 0 Å². The maximum atomic E-state index is 12.3. The largest absolute Gasteiger partial charge is 0.391 e. The molecule has 7 heteroatoms. The third kappa shape index (κ3) is 4.93. The second kappa shape index (κ2) is 7.64. The monoisotopic (exact) mass is 373 g/mol. The molecule has 0 saturated heterocycles. The normalized spacial score (nSPS) is 13.0. The fraction of sp³-hybridized carbons (Fsp3) is 0.250. The Bertz CT molecular complexity index is 779. The van der Waals surface area contributed by atoms with E-state index in [1.165, 1.54) is 12.1 Å². The number of aliphatic hydroxyl groups excluding tert-OH is 1. The van der Waals surface area contributed by atoms with E-state index in [1.54, 1.807) is 6.92 Å². The van der Waals surface area contributed by atoms with Crippen LogP contribution in [0.2, 0.25) is 10.0 Å². The van der Waals surface area contributed by atoms with Crippen molar-refractivity contribution in [3.8, 4) is 0 Å². The second-order valence-electron chi connectivity index (χ2n) is 5.23. The van der Waals surface area contributed by atoms with E-state index in [0.29, 0.717) is 17.0 Å². The lowest BCUT2D eigenvalue weighted by molar-refractivity contribution is 0.179. The molecule has 0 heterocycles. The molecule has 0 radical (unpaired) electrons. The summed E-state index contributed by atoms with van der Waals surface area (Å²) in [5.74, 6) is 0. The van der Waals surface area contributed by atoms with Crippen molar-refractivity contribution in [2.45, 2.75) is 24.3 Å². The summed E-state index contributed by atoms with van der Waals surface area (Å²) in [5, 5.41) is 10.4. The van der Waals surface area contributed by atoms with E-state index < -0.39 is 16.1 Å². The van der Waals surface area contributed by atoms with E-state index in [1.807, 2.05) is 30.3 Å². The highest BCUT2D eigenvalue weighted by molar-refractivity contribution is 7.89. The van der Waals surface area contributed by atoms with Crippen LogP contribution in [0.15, 0.2) is 47.4 Å². The zero-order valence-electron chi connectivity index (χ0n) is 12.5. The lowest BCUT2D eigenvalue weighted by Crippen LogP contribution is -2.33. The first-order valence-electron chi connectivity index (χ1n) is 6.97. The summed E-state index contributed by atoms with van der Waals surface area (Å²) in [6, 6.07) is 12.2. The molecule has 0 aliphatic heterocycles. The zero-order chi connectivity index (χ0) is 17.0. The van der Waals surface area contributed by atoms with Gasteiger partial charge in [0, 0.05) is 11.6 Å². The Labute approximate surface area is 146 Å². The average Bonchev–Trinajstić information content (AvgIpc) is 2.50. The smallest absolute Gasteiger partial charge is 0.242 e. The van der Waals surface area contributed by atoms with Gasteiger partial charge in [-0.3, -0.25) is 0 Å². The van der Waals surface area contributed by atoms with Gasteiger partial charge in [0.1, 0.15) is 4.90 Å². The Hall–Kier alpha value is -1.11. The molecule has 2 N–H and O–H groups in total. The number of nitrogens with one attached hydrogen (secondary N) is 1. The number of aryl methyl sites for hydroxylation is 1.